The second-order valence-corrected chi connectivity index (χ2v) is 14.8. The summed E-state index contributed by atoms with van der Waals surface area (Å²) in [4.78, 5) is 105. The number of aliphatic hydroxyl groups is 8. The largest absolute Gasteiger partial charge is 0.386 e. The lowest BCUT2D eigenvalue weighted by molar-refractivity contribution is -0.368. The average Bonchev–Trinajstić information content (AvgIpc) is 3.15. The number of carbonyl (C=O) groups excluding carboxylic acids is 8. The van der Waals surface area contributed by atoms with Crippen LogP contribution >= 0.6 is 0 Å². The van der Waals surface area contributed by atoms with Gasteiger partial charge in [0.05, 0.1) is 19.8 Å². The first-order valence-corrected chi connectivity index (χ1v) is 18.1. The molecule has 0 spiro atoms. The zero-order chi connectivity index (χ0) is 45.4. The first-order chi connectivity index (χ1) is 27.0. The Kier molecular flexibility index (Phi) is 14.7. The van der Waals surface area contributed by atoms with Crippen molar-refractivity contribution in [1.29, 1.82) is 0 Å². The summed E-state index contributed by atoms with van der Waals surface area (Å²) in [6, 6.07) is 8.05. The van der Waals surface area contributed by atoms with Crippen LogP contribution in [0, 0.1) is 0 Å². The molecule has 21 heteroatoms. The summed E-state index contributed by atoms with van der Waals surface area (Å²) in [6.07, 6.45) is -16.4. The summed E-state index contributed by atoms with van der Waals surface area (Å²) in [7, 11) is 0. The summed E-state index contributed by atoms with van der Waals surface area (Å²) in [5, 5.41) is 90.8. The molecule has 12 atom stereocenters. The van der Waals surface area contributed by atoms with Gasteiger partial charge in [-0.2, -0.15) is 0 Å². The number of carbonyl (C=O) groups is 8. The molecule has 328 valence electrons. The third-order valence-corrected chi connectivity index (χ3v) is 10.9. The molecule has 1 aromatic rings. The van der Waals surface area contributed by atoms with Crippen molar-refractivity contribution in [3.8, 4) is 0 Å². The van der Waals surface area contributed by atoms with Crippen molar-refractivity contribution in [2.24, 2.45) is 0 Å². The van der Waals surface area contributed by atoms with Crippen LogP contribution in [0.3, 0.4) is 0 Å². The van der Waals surface area contributed by atoms with Crippen LogP contribution in [0.1, 0.15) is 61.0 Å². The lowest BCUT2D eigenvalue weighted by Gasteiger charge is -2.57. The zero-order valence-corrected chi connectivity index (χ0v) is 33.4. The van der Waals surface area contributed by atoms with Crippen molar-refractivity contribution in [1.82, 2.24) is 0 Å². The molecule has 21 nitrogen and oxygen atoms in total. The van der Waals surface area contributed by atoms with Crippen molar-refractivity contribution in [3.05, 3.63) is 35.9 Å². The predicted octanol–water partition coefficient (Wildman–Crippen LogP) is -4.12. The number of ether oxygens (including phenoxy) is 5. The van der Waals surface area contributed by atoms with E-state index in [-0.39, 0.29) is 6.61 Å². The monoisotopic (exact) mass is 842 g/mol. The third-order valence-electron chi connectivity index (χ3n) is 10.9. The highest BCUT2D eigenvalue weighted by molar-refractivity contribution is 6.09. The molecular weight excluding hydrogens is 792 g/mol. The summed E-state index contributed by atoms with van der Waals surface area (Å²) in [5.41, 5.74) is -22.1. The Labute approximate surface area is 336 Å². The molecule has 2 aliphatic rings. The fourth-order valence-electron chi connectivity index (χ4n) is 7.36. The fraction of sp³-hybridized carbons (Fsp3) is 0.632. The van der Waals surface area contributed by atoms with E-state index in [0.717, 1.165) is 13.8 Å². The fourth-order valence-corrected chi connectivity index (χ4v) is 7.36. The average molecular weight is 843 g/mol. The molecule has 0 radical (unpaired) electrons. The van der Waals surface area contributed by atoms with Gasteiger partial charge in [0.15, 0.2) is 82.3 Å². The highest BCUT2D eigenvalue weighted by atomic mass is 16.7. The zero-order valence-electron chi connectivity index (χ0n) is 33.4. The van der Waals surface area contributed by atoms with Gasteiger partial charge in [-0.05, 0) is 61.0 Å². The molecule has 4 unspecified atom stereocenters. The highest BCUT2D eigenvalue weighted by Gasteiger charge is 2.81. The molecule has 2 fully saturated rings. The molecule has 0 bridgehead atoms. The first kappa shape index (κ1) is 49.4. The standard InChI is InChI=1S/C38H50O21/c1-17(39)27(47)29-33(49,19(3)41)37(53,23(7)45)35(51,21(5)43)31(58-29)56-15-26(55-14-25-12-10-9-11-13-25)16-57-32-36(52,22(6)44)38(54,24(8)46)34(50,20(4)42)30(59-32)28(48)18(2)40/h9-13,17-18,26,29-32,39-40,49-54H,14-16H2,1-8H3/t17?,18?,26?,29-,30-,31?,32?,33+,34+,35+,36+,37+,38+/m1/s1. The van der Waals surface area contributed by atoms with E-state index in [0.29, 0.717) is 47.1 Å². The van der Waals surface area contributed by atoms with Crippen LogP contribution in [0.2, 0.25) is 0 Å². The number of Topliss-reactive ketones (excluding diaryl/α,β-unsaturated/α-hetero) is 8. The molecule has 2 heterocycles. The van der Waals surface area contributed by atoms with Crippen molar-refractivity contribution in [2.45, 2.75) is 139 Å². The van der Waals surface area contributed by atoms with Gasteiger partial charge in [0.25, 0.3) is 0 Å². The van der Waals surface area contributed by atoms with Gasteiger partial charge < -0.3 is 64.5 Å². The van der Waals surface area contributed by atoms with E-state index in [1.807, 2.05) is 0 Å². The van der Waals surface area contributed by atoms with E-state index >= 15 is 0 Å². The Morgan fingerprint density at radius 1 is 0.559 bits per heavy atom. The topological polar surface area (TPSA) is 345 Å². The van der Waals surface area contributed by atoms with Gasteiger partial charge in [-0.25, -0.2) is 0 Å². The van der Waals surface area contributed by atoms with Crippen LogP contribution in [-0.2, 0) is 68.6 Å². The Balaban J connectivity index is 2.19. The van der Waals surface area contributed by atoms with E-state index in [2.05, 4.69) is 0 Å². The van der Waals surface area contributed by atoms with Gasteiger partial charge in [-0.15, -0.1) is 0 Å². The van der Waals surface area contributed by atoms with Crippen LogP contribution in [0.4, 0.5) is 0 Å². The van der Waals surface area contributed by atoms with Gasteiger partial charge in [0.2, 0.25) is 22.4 Å². The highest BCUT2D eigenvalue weighted by Crippen LogP contribution is 2.49. The van der Waals surface area contributed by atoms with Crippen LogP contribution in [0.15, 0.2) is 30.3 Å². The minimum Gasteiger partial charge on any atom is -0.386 e. The molecule has 8 N–H and O–H groups in total. The van der Waals surface area contributed by atoms with Crippen molar-refractivity contribution < 1.29 is 103 Å². The smallest absolute Gasteiger partial charge is 0.213 e. The van der Waals surface area contributed by atoms with E-state index in [1.165, 1.54) is 0 Å². The Hall–Kier alpha value is -3.94. The van der Waals surface area contributed by atoms with Gasteiger partial charge in [0.1, 0.15) is 18.3 Å². The summed E-state index contributed by atoms with van der Waals surface area (Å²) in [5.74, 6) is -12.5. The SMILES string of the molecule is CC(=O)[C@@]1(O)[C@](O)(C(C)=O)C(OCC(COC2O[C@H](C(=O)C(C)O)[C@@](O)(C(C)=O)[C@@](O)(C(C)=O)[C@]2(O)C(C)=O)OCc2ccccc2)O[C@H](C(=O)C(C)O)[C@@]1(O)C(C)=O. The minimum absolute atomic E-state index is 0.335. The van der Waals surface area contributed by atoms with Gasteiger partial charge in [0, 0.05) is 0 Å². The minimum atomic E-state index is -3.89. The Bertz CT molecular complexity index is 1740. The second-order valence-electron chi connectivity index (χ2n) is 14.8. The van der Waals surface area contributed by atoms with Gasteiger partial charge in [-0.1, -0.05) is 30.3 Å². The number of ketones is 8. The number of hydrogen-bond acceptors (Lipinski definition) is 21. The van der Waals surface area contributed by atoms with Gasteiger partial charge in [-0.3, -0.25) is 38.4 Å². The summed E-state index contributed by atoms with van der Waals surface area (Å²) in [6.45, 7) is 2.95. The lowest BCUT2D eigenvalue weighted by atomic mass is 9.60. The van der Waals surface area contributed by atoms with Crippen LogP contribution < -0.4 is 0 Å². The molecule has 2 saturated heterocycles. The molecule has 0 aliphatic carbocycles. The summed E-state index contributed by atoms with van der Waals surface area (Å²) >= 11 is 0. The molecule has 59 heavy (non-hydrogen) atoms. The summed E-state index contributed by atoms with van der Waals surface area (Å²) < 4.78 is 28.1. The van der Waals surface area contributed by atoms with Crippen LogP contribution in [0.25, 0.3) is 0 Å². The Morgan fingerprint density at radius 3 is 1.15 bits per heavy atom. The van der Waals surface area contributed by atoms with E-state index in [4.69, 9.17) is 23.7 Å². The van der Waals surface area contributed by atoms with E-state index in [9.17, 15) is 79.2 Å². The molecule has 0 saturated carbocycles. The maximum absolute atomic E-state index is 13.2. The van der Waals surface area contributed by atoms with Gasteiger partial charge >= 0.3 is 0 Å². The molecular formula is C38H50O21. The molecule has 3 rings (SSSR count). The van der Waals surface area contributed by atoms with Crippen molar-refractivity contribution in [2.75, 3.05) is 13.2 Å². The lowest BCUT2D eigenvalue weighted by Crippen LogP contribution is -2.87. The normalized spacial score (nSPS) is 36.1. The van der Waals surface area contributed by atoms with E-state index in [1.54, 1.807) is 30.3 Å². The van der Waals surface area contributed by atoms with E-state index < -0.39 is 136 Å². The predicted molar refractivity (Wildman–Crippen MR) is 191 cm³/mol. The Morgan fingerprint density at radius 2 is 0.881 bits per heavy atom. The third kappa shape index (κ3) is 7.58. The van der Waals surface area contributed by atoms with Crippen molar-refractivity contribution >= 4 is 46.3 Å². The molecule has 0 aromatic heterocycles. The first-order valence-electron chi connectivity index (χ1n) is 18.1. The number of benzene rings is 1. The molecule has 1 aromatic carbocycles. The van der Waals surface area contributed by atoms with Crippen molar-refractivity contribution in [3.63, 3.8) is 0 Å². The second kappa shape index (κ2) is 17.6. The number of rotatable bonds is 19. The van der Waals surface area contributed by atoms with Crippen LogP contribution in [0.5, 0.6) is 0 Å². The maximum Gasteiger partial charge on any atom is 0.213 e. The number of hydrogen-bond donors (Lipinski definition) is 8. The number of aliphatic hydroxyl groups excluding tert-OH is 2. The van der Waals surface area contributed by atoms with Crippen LogP contribution in [-0.4, -0.2) is 177 Å². The molecule has 2 aliphatic heterocycles. The quantitative estimate of drug-likeness (QED) is 0.0656. The maximum atomic E-state index is 13.2. The molecule has 0 amide bonds.